The zero-order valence-electron chi connectivity index (χ0n) is 16.1. The molecule has 2 aromatic carbocycles. The van der Waals surface area contributed by atoms with Crippen molar-refractivity contribution < 1.29 is 14.2 Å². The molecule has 1 aliphatic rings. The highest BCUT2D eigenvalue weighted by Crippen LogP contribution is 2.34. The molecule has 156 valence electrons. The normalized spacial score (nSPS) is 12.1. The number of nitrogens with zero attached hydrogens (tertiary/aromatic N) is 3. The SMILES string of the molecule is CCSCn1c(Nc2ccc3c(c2)OCO3)nnc(COc2ccc(Cl)cc2)c1=O. The van der Waals surface area contributed by atoms with E-state index in [1.807, 2.05) is 13.0 Å². The average Bonchev–Trinajstić information content (AvgIpc) is 3.22. The lowest BCUT2D eigenvalue weighted by atomic mass is 10.3. The van der Waals surface area contributed by atoms with Gasteiger partial charge in [0.25, 0.3) is 5.56 Å². The number of ether oxygens (including phenoxy) is 3. The van der Waals surface area contributed by atoms with Crippen LogP contribution < -0.4 is 25.1 Å². The minimum Gasteiger partial charge on any atom is -0.487 e. The zero-order valence-corrected chi connectivity index (χ0v) is 17.7. The molecule has 0 atom stereocenters. The van der Waals surface area contributed by atoms with Crippen molar-refractivity contribution in [3.63, 3.8) is 0 Å². The van der Waals surface area contributed by atoms with Crippen LogP contribution in [-0.4, -0.2) is 27.3 Å². The third-order valence-corrected chi connectivity index (χ3v) is 5.36. The van der Waals surface area contributed by atoms with E-state index >= 15 is 0 Å². The smallest absolute Gasteiger partial charge is 0.281 e. The van der Waals surface area contributed by atoms with E-state index < -0.39 is 0 Å². The molecule has 0 spiro atoms. The van der Waals surface area contributed by atoms with E-state index in [4.69, 9.17) is 25.8 Å². The summed E-state index contributed by atoms with van der Waals surface area (Å²) in [5.41, 5.74) is 0.675. The number of aromatic nitrogens is 3. The van der Waals surface area contributed by atoms with Crippen LogP contribution in [0.25, 0.3) is 0 Å². The van der Waals surface area contributed by atoms with Gasteiger partial charge in [0.05, 0.1) is 5.88 Å². The molecule has 1 aliphatic heterocycles. The molecule has 1 N–H and O–H groups in total. The van der Waals surface area contributed by atoms with Gasteiger partial charge in [-0.05, 0) is 42.2 Å². The topological polar surface area (TPSA) is 87.5 Å². The van der Waals surface area contributed by atoms with Gasteiger partial charge in [-0.15, -0.1) is 22.0 Å². The summed E-state index contributed by atoms with van der Waals surface area (Å²) in [6.45, 7) is 2.23. The first-order chi connectivity index (χ1) is 14.6. The fourth-order valence-corrected chi connectivity index (χ4v) is 3.46. The molecule has 2 heterocycles. The van der Waals surface area contributed by atoms with Gasteiger partial charge in [0.1, 0.15) is 12.4 Å². The summed E-state index contributed by atoms with van der Waals surface area (Å²) in [4.78, 5) is 13.0. The van der Waals surface area contributed by atoms with Crippen LogP contribution in [0.3, 0.4) is 0 Å². The number of thioether (sulfide) groups is 1. The highest BCUT2D eigenvalue weighted by molar-refractivity contribution is 7.98. The van der Waals surface area contributed by atoms with Gasteiger partial charge in [-0.25, -0.2) is 0 Å². The Balaban J connectivity index is 1.56. The monoisotopic (exact) mass is 446 g/mol. The highest BCUT2D eigenvalue weighted by Gasteiger charge is 2.16. The van der Waals surface area contributed by atoms with Crippen LogP contribution >= 0.6 is 23.4 Å². The maximum Gasteiger partial charge on any atom is 0.281 e. The molecular weight excluding hydrogens is 428 g/mol. The molecule has 8 nitrogen and oxygen atoms in total. The van der Waals surface area contributed by atoms with Crippen molar-refractivity contribution in [1.82, 2.24) is 14.8 Å². The third kappa shape index (κ3) is 4.63. The number of nitrogens with one attached hydrogen (secondary N) is 1. The van der Waals surface area contributed by atoms with E-state index in [2.05, 4.69) is 15.5 Å². The minimum atomic E-state index is -0.261. The maximum atomic E-state index is 13.0. The second-order valence-electron chi connectivity index (χ2n) is 6.26. The zero-order chi connectivity index (χ0) is 20.9. The van der Waals surface area contributed by atoms with Gasteiger partial charge >= 0.3 is 0 Å². The molecule has 4 rings (SSSR count). The Morgan fingerprint density at radius 1 is 1.17 bits per heavy atom. The maximum absolute atomic E-state index is 13.0. The molecule has 3 aromatic rings. The van der Waals surface area contributed by atoms with Crippen molar-refractivity contribution in [2.24, 2.45) is 0 Å². The van der Waals surface area contributed by atoms with E-state index in [0.717, 1.165) is 5.75 Å². The quantitative estimate of drug-likeness (QED) is 0.554. The lowest BCUT2D eigenvalue weighted by Gasteiger charge is -2.14. The molecular formula is C20H19ClN4O4S. The lowest BCUT2D eigenvalue weighted by molar-refractivity contribution is 0.174. The fraction of sp³-hybridized carbons (Fsp3) is 0.250. The van der Waals surface area contributed by atoms with Crippen molar-refractivity contribution in [3.8, 4) is 17.2 Å². The van der Waals surface area contributed by atoms with Gasteiger partial charge < -0.3 is 19.5 Å². The lowest BCUT2D eigenvalue weighted by Crippen LogP contribution is -2.29. The van der Waals surface area contributed by atoms with Gasteiger partial charge in [-0.3, -0.25) is 9.36 Å². The summed E-state index contributed by atoms with van der Waals surface area (Å²) >= 11 is 7.48. The second-order valence-corrected chi connectivity index (χ2v) is 7.94. The molecule has 30 heavy (non-hydrogen) atoms. The number of fused-ring (bicyclic) bond motifs is 1. The third-order valence-electron chi connectivity index (χ3n) is 4.26. The summed E-state index contributed by atoms with van der Waals surface area (Å²) in [6.07, 6.45) is 0. The summed E-state index contributed by atoms with van der Waals surface area (Å²) in [6, 6.07) is 12.3. The molecule has 0 fully saturated rings. The number of halogens is 1. The van der Waals surface area contributed by atoms with Crippen molar-refractivity contribution in [1.29, 1.82) is 0 Å². The first kappa shape index (κ1) is 20.4. The first-order valence-corrected chi connectivity index (χ1v) is 10.8. The Morgan fingerprint density at radius 3 is 2.77 bits per heavy atom. The van der Waals surface area contributed by atoms with Gasteiger partial charge in [0.2, 0.25) is 12.7 Å². The minimum absolute atomic E-state index is 0.00849. The van der Waals surface area contributed by atoms with Crippen LogP contribution in [0, 0.1) is 0 Å². The standard InChI is InChI=1S/C20H19ClN4O4S/c1-2-30-11-25-19(26)16(10-27-15-6-3-13(21)4-7-15)23-24-20(25)22-14-5-8-17-18(9-14)29-12-28-17/h3-9H,2,10-12H2,1H3,(H,22,24). The van der Waals surface area contributed by atoms with Crippen molar-refractivity contribution in [2.45, 2.75) is 19.4 Å². The van der Waals surface area contributed by atoms with Gasteiger partial charge in [0.15, 0.2) is 17.2 Å². The van der Waals surface area contributed by atoms with E-state index in [-0.39, 0.29) is 24.7 Å². The molecule has 0 unspecified atom stereocenters. The summed E-state index contributed by atoms with van der Waals surface area (Å²) in [5.74, 6) is 3.55. The number of hydrogen-bond donors (Lipinski definition) is 1. The second kappa shape index (κ2) is 9.27. The molecule has 1 aromatic heterocycles. The first-order valence-electron chi connectivity index (χ1n) is 9.23. The number of anilines is 2. The number of hydrogen-bond acceptors (Lipinski definition) is 8. The molecule has 10 heteroatoms. The van der Waals surface area contributed by atoms with E-state index in [9.17, 15) is 4.79 Å². The largest absolute Gasteiger partial charge is 0.487 e. The predicted molar refractivity (Wildman–Crippen MR) is 116 cm³/mol. The Hall–Kier alpha value is -2.91. The fourth-order valence-electron chi connectivity index (χ4n) is 2.73. The van der Waals surface area contributed by atoms with E-state index in [0.29, 0.717) is 39.8 Å². The van der Waals surface area contributed by atoms with E-state index in [1.165, 1.54) is 0 Å². The van der Waals surface area contributed by atoms with Gasteiger partial charge in [-0.1, -0.05) is 18.5 Å². The van der Waals surface area contributed by atoms with Crippen molar-refractivity contribution >= 4 is 35.0 Å². The summed E-state index contributed by atoms with van der Waals surface area (Å²) < 4.78 is 17.9. The Labute approximate surface area is 182 Å². The number of benzene rings is 2. The summed E-state index contributed by atoms with van der Waals surface area (Å²) in [7, 11) is 0. The van der Waals surface area contributed by atoms with E-state index in [1.54, 1.807) is 52.7 Å². The van der Waals surface area contributed by atoms with Crippen LogP contribution in [-0.2, 0) is 12.5 Å². The van der Waals surface area contributed by atoms with Crippen LogP contribution in [0.1, 0.15) is 12.6 Å². The van der Waals surface area contributed by atoms with Crippen LogP contribution in [0.5, 0.6) is 17.2 Å². The summed E-state index contributed by atoms with van der Waals surface area (Å²) in [5, 5.41) is 12.1. The molecule has 0 bridgehead atoms. The molecule has 0 saturated heterocycles. The van der Waals surface area contributed by atoms with Gasteiger partial charge in [0, 0.05) is 16.8 Å². The molecule has 0 aliphatic carbocycles. The van der Waals surface area contributed by atoms with Crippen LogP contribution in [0.2, 0.25) is 5.02 Å². The Kier molecular flexibility index (Phi) is 6.29. The Bertz CT molecular complexity index is 1090. The van der Waals surface area contributed by atoms with Crippen molar-refractivity contribution in [2.75, 3.05) is 17.9 Å². The van der Waals surface area contributed by atoms with Crippen LogP contribution in [0.15, 0.2) is 47.3 Å². The van der Waals surface area contributed by atoms with Crippen molar-refractivity contribution in [3.05, 3.63) is 63.5 Å². The number of rotatable bonds is 8. The molecule has 0 radical (unpaired) electrons. The molecule has 0 saturated carbocycles. The Morgan fingerprint density at radius 2 is 1.97 bits per heavy atom. The molecule has 0 amide bonds. The predicted octanol–water partition coefficient (Wildman–Crippen LogP) is 4.05. The highest BCUT2D eigenvalue weighted by atomic mass is 35.5. The van der Waals surface area contributed by atoms with Gasteiger partial charge in [-0.2, -0.15) is 0 Å². The average molecular weight is 447 g/mol. The van der Waals surface area contributed by atoms with Crippen LogP contribution in [0.4, 0.5) is 11.6 Å².